The molecule has 0 saturated carbocycles. The average molecular weight is 585 g/mol. The van der Waals surface area contributed by atoms with Crippen LogP contribution in [0.25, 0.3) is 22.2 Å². The number of carbonyl (C=O) groups is 1. The maximum Gasteiger partial charge on any atom is 0.261 e. The lowest BCUT2D eigenvalue weighted by Crippen LogP contribution is -2.26. The van der Waals surface area contributed by atoms with Crippen LogP contribution in [0, 0.1) is 18.6 Å². The van der Waals surface area contributed by atoms with Crippen LogP contribution in [0.2, 0.25) is 0 Å². The first-order valence-corrected chi connectivity index (χ1v) is 13.7. The highest BCUT2D eigenvalue weighted by molar-refractivity contribution is 6.04. The molecule has 3 heterocycles. The Kier molecular flexibility index (Phi) is 8.20. The van der Waals surface area contributed by atoms with Gasteiger partial charge in [-0.15, -0.1) is 0 Å². The van der Waals surface area contributed by atoms with E-state index in [-0.39, 0.29) is 23.0 Å². The third-order valence-electron chi connectivity index (χ3n) is 7.10. The fraction of sp³-hybridized carbons (Fsp3) is 0.212. The van der Waals surface area contributed by atoms with Crippen molar-refractivity contribution in [2.75, 3.05) is 12.4 Å². The third kappa shape index (κ3) is 5.81. The van der Waals surface area contributed by atoms with E-state index in [1.165, 1.54) is 48.8 Å². The highest BCUT2D eigenvalue weighted by Gasteiger charge is 2.21. The first-order chi connectivity index (χ1) is 20.6. The van der Waals surface area contributed by atoms with E-state index in [2.05, 4.69) is 15.3 Å². The van der Waals surface area contributed by atoms with E-state index in [1.54, 1.807) is 30.7 Å². The van der Waals surface area contributed by atoms with Gasteiger partial charge in [0.25, 0.3) is 5.91 Å². The molecule has 1 N–H and O–H groups in total. The summed E-state index contributed by atoms with van der Waals surface area (Å²) in [6.45, 7) is 7.56. The molecule has 10 heteroatoms. The molecule has 0 aliphatic heterocycles. The van der Waals surface area contributed by atoms with Gasteiger partial charge in [-0.2, -0.15) is 0 Å². The molecule has 5 rings (SSSR count). The number of amides is 1. The van der Waals surface area contributed by atoms with Gasteiger partial charge in [-0.05, 0) is 57.0 Å². The van der Waals surface area contributed by atoms with E-state index in [1.807, 2.05) is 20.8 Å². The van der Waals surface area contributed by atoms with Crippen LogP contribution in [0.3, 0.4) is 0 Å². The van der Waals surface area contributed by atoms with Crippen molar-refractivity contribution in [1.29, 1.82) is 0 Å². The maximum absolute atomic E-state index is 15.2. The van der Waals surface area contributed by atoms with E-state index in [0.717, 1.165) is 6.07 Å². The molecule has 0 fully saturated rings. The number of carbonyl (C=O) groups excluding carboxylic acids is 1. The Balaban J connectivity index is 1.45. The second-order valence-electron chi connectivity index (χ2n) is 10.2. The number of fused-ring (bicyclic) bond motifs is 1. The molecule has 0 radical (unpaired) electrons. The van der Waals surface area contributed by atoms with Gasteiger partial charge in [-0.1, -0.05) is 19.1 Å². The van der Waals surface area contributed by atoms with Gasteiger partial charge >= 0.3 is 0 Å². The summed E-state index contributed by atoms with van der Waals surface area (Å²) in [6, 6.07) is 12.8. The van der Waals surface area contributed by atoms with Gasteiger partial charge in [-0.3, -0.25) is 14.6 Å². The molecule has 0 unspecified atom stereocenters. The summed E-state index contributed by atoms with van der Waals surface area (Å²) in [6.07, 6.45) is 3.63. The number of aryl methyl sites for hydroxylation is 1. The van der Waals surface area contributed by atoms with Gasteiger partial charge < -0.3 is 19.4 Å². The molecule has 0 spiro atoms. The van der Waals surface area contributed by atoms with Gasteiger partial charge in [0.1, 0.15) is 22.6 Å². The Bertz CT molecular complexity index is 1900. The van der Waals surface area contributed by atoms with Crippen molar-refractivity contribution in [2.24, 2.45) is 0 Å². The Morgan fingerprint density at radius 2 is 1.77 bits per heavy atom. The molecule has 5 aromatic rings. The number of benzene rings is 2. The average Bonchev–Trinajstić information content (AvgIpc) is 2.98. The SMILES string of the molecule is CCc1nc2c(Oc3ccc(NC(=O)c4cn(C(C)C)c(C)c(-c5ccc(F)cc5)c4=O)cc3F)ccnc2cc1OC. The molecule has 3 aromatic heterocycles. The zero-order valence-corrected chi connectivity index (χ0v) is 24.4. The molecule has 0 saturated heterocycles. The monoisotopic (exact) mass is 584 g/mol. The van der Waals surface area contributed by atoms with Crippen molar-refractivity contribution in [3.05, 3.63) is 106 Å². The van der Waals surface area contributed by atoms with E-state index < -0.39 is 23.0 Å². The predicted molar refractivity (Wildman–Crippen MR) is 161 cm³/mol. The van der Waals surface area contributed by atoms with Crippen LogP contribution in [0.5, 0.6) is 17.2 Å². The number of hydrogen-bond donors (Lipinski definition) is 1. The van der Waals surface area contributed by atoms with Crippen molar-refractivity contribution in [1.82, 2.24) is 14.5 Å². The zero-order valence-electron chi connectivity index (χ0n) is 24.4. The summed E-state index contributed by atoms with van der Waals surface area (Å²) in [5.41, 5.74) is 2.59. The highest BCUT2D eigenvalue weighted by Crippen LogP contribution is 2.33. The maximum atomic E-state index is 15.2. The zero-order chi connectivity index (χ0) is 30.8. The molecule has 0 atom stereocenters. The Morgan fingerprint density at radius 1 is 1.02 bits per heavy atom. The molecule has 0 bridgehead atoms. The predicted octanol–water partition coefficient (Wildman–Crippen LogP) is 7.24. The van der Waals surface area contributed by atoms with Crippen LogP contribution >= 0.6 is 0 Å². The quantitative estimate of drug-likeness (QED) is 0.207. The van der Waals surface area contributed by atoms with Crippen molar-refractivity contribution in [3.63, 3.8) is 0 Å². The van der Waals surface area contributed by atoms with Gasteiger partial charge in [-0.25, -0.2) is 13.8 Å². The van der Waals surface area contributed by atoms with Crippen LogP contribution < -0.4 is 20.2 Å². The van der Waals surface area contributed by atoms with Crippen LogP contribution in [0.15, 0.2) is 71.8 Å². The largest absolute Gasteiger partial charge is 0.495 e. The molecule has 8 nitrogen and oxygen atoms in total. The van der Waals surface area contributed by atoms with Gasteiger partial charge in [0.05, 0.1) is 18.3 Å². The summed E-state index contributed by atoms with van der Waals surface area (Å²) < 4.78 is 41.9. The second kappa shape index (κ2) is 12.0. The van der Waals surface area contributed by atoms with E-state index in [4.69, 9.17) is 9.47 Å². The van der Waals surface area contributed by atoms with E-state index in [0.29, 0.717) is 51.5 Å². The van der Waals surface area contributed by atoms with Crippen LogP contribution in [0.4, 0.5) is 14.5 Å². The Morgan fingerprint density at radius 3 is 2.42 bits per heavy atom. The number of methoxy groups -OCH3 is 1. The number of pyridine rings is 3. The number of aromatic nitrogens is 3. The number of nitrogens with zero attached hydrogens (tertiary/aromatic N) is 3. The van der Waals surface area contributed by atoms with Gasteiger partial charge in [0.2, 0.25) is 5.43 Å². The molecule has 2 aromatic carbocycles. The Labute approximate surface area is 247 Å². The first kappa shape index (κ1) is 29.4. The number of nitrogens with one attached hydrogen (secondary N) is 1. The number of anilines is 1. The van der Waals surface area contributed by atoms with E-state index >= 15 is 4.39 Å². The summed E-state index contributed by atoms with van der Waals surface area (Å²) in [5, 5.41) is 2.62. The van der Waals surface area contributed by atoms with Crippen LogP contribution in [-0.4, -0.2) is 27.6 Å². The fourth-order valence-corrected chi connectivity index (χ4v) is 4.93. The molecule has 1 amide bonds. The topological polar surface area (TPSA) is 95.3 Å². The lowest BCUT2D eigenvalue weighted by Gasteiger charge is -2.20. The van der Waals surface area contributed by atoms with Crippen molar-refractivity contribution in [2.45, 2.75) is 40.2 Å². The van der Waals surface area contributed by atoms with Gasteiger partial charge in [0.15, 0.2) is 17.3 Å². The van der Waals surface area contributed by atoms with Crippen molar-refractivity contribution >= 4 is 22.6 Å². The number of ether oxygens (including phenoxy) is 2. The smallest absolute Gasteiger partial charge is 0.261 e. The van der Waals surface area contributed by atoms with E-state index in [9.17, 15) is 14.0 Å². The summed E-state index contributed by atoms with van der Waals surface area (Å²) in [5.74, 6) is -1.06. The normalized spacial score (nSPS) is 11.2. The minimum Gasteiger partial charge on any atom is -0.495 e. The van der Waals surface area contributed by atoms with Crippen LogP contribution in [-0.2, 0) is 6.42 Å². The van der Waals surface area contributed by atoms with Crippen molar-refractivity contribution < 1.29 is 23.0 Å². The summed E-state index contributed by atoms with van der Waals surface area (Å²) in [4.78, 5) is 35.8. The lowest BCUT2D eigenvalue weighted by atomic mass is 10.00. The summed E-state index contributed by atoms with van der Waals surface area (Å²) >= 11 is 0. The first-order valence-electron chi connectivity index (χ1n) is 13.7. The highest BCUT2D eigenvalue weighted by atomic mass is 19.1. The lowest BCUT2D eigenvalue weighted by molar-refractivity contribution is 0.102. The molecule has 0 aliphatic rings. The van der Waals surface area contributed by atoms with Gasteiger partial charge in [0, 0.05) is 53.6 Å². The third-order valence-corrected chi connectivity index (χ3v) is 7.10. The molecule has 43 heavy (non-hydrogen) atoms. The molecule has 0 aliphatic carbocycles. The number of halogens is 2. The number of hydrogen-bond acceptors (Lipinski definition) is 6. The molecular weight excluding hydrogens is 554 g/mol. The minimum absolute atomic E-state index is 0.0755. The second-order valence-corrected chi connectivity index (χ2v) is 10.2. The van der Waals surface area contributed by atoms with Crippen LogP contribution in [0.1, 0.15) is 48.6 Å². The summed E-state index contributed by atoms with van der Waals surface area (Å²) in [7, 11) is 1.56. The fourth-order valence-electron chi connectivity index (χ4n) is 4.93. The standard InChI is InChI=1S/C33H30F2N4O4/c1-6-25-29(42-5)16-26-31(38-25)28(13-14-36-26)43-27-12-11-22(15-24(27)35)37-33(41)23-17-39(18(2)3)19(4)30(32(23)40)20-7-9-21(34)10-8-20/h7-18H,6H2,1-5H3,(H,37,41). The Hall–Kier alpha value is -5.12. The minimum atomic E-state index is -0.734. The van der Waals surface area contributed by atoms with Crippen molar-refractivity contribution in [3.8, 4) is 28.4 Å². The molecule has 220 valence electrons. The molecular formula is C33H30F2N4O4. The number of rotatable bonds is 8.